The molecule has 0 radical (unpaired) electrons. The lowest BCUT2D eigenvalue weighted by Gasteiger charge is -2.26. The number of nitrogens with one attached hydrogen (secondary N) is 1. The Labute approximate surface area is 90.4 Å². The van der Waals surface area contributed by atoms with E-state index in [-0.39, 0.29) is 18.6 Å². The normalized spacial score (nSPS) is 19.9. The van der Waals surface area contributed by atoms with Crippen LogP contribution in [0.3, 0.4) is 0 Å². The molecule has 2 N–H and O–H groups in total. The van der Waals surface area contributed by atoms with Crippen LogP contribution in [0.2, 0.25) is 0 Å². The van der Waals surface area contributed by atoms with Crippen LogP contribution in [-0.2, 0) is 9.53 Å². The van der Waals surface area contributed by atoms with Gasteiger partial charge in [-0.2, -0.15) is 0 Å². The largest absolute Gasteiger partial charge is 0.396 e. The van der Waals surface area contributed by atoms with Crippen molar-refractivity contribution in [3.8, 4) is 0 Å². The number of hydrogen-bond donors (Lipinski definition) is 2. The lowest BCUT2D eigenvalue weighted by atomic mass is 10.2. The quantitative estimate of drug-likeness (QED) is 0.632. The molecule has 0 bridgehead atoms. The molecule has 1 atom stereocenters. The summed E-state index contributed by atoms with van der Waals surface area (Å²) in [5.74, 6) is 0.0258. The number of rotatable bonds is 5. The molecule has 1 heterocycles. The Morgan fingerprint density at radius 3 is 2.80 bits per heavy atom. The average Bonchev–Trinajstić information content (AvgIpc) is 2.19. The van der Waals surface area contributed by atoms with E-state index in [1.165, 1.54) is 0 Å². The molecule has 1 rings (SSSR count). The minimum absolute atomic E-state index is 0.0258. The number of amides is 1. The first-order valence-electron chi connectivity index (χ1n) is 5.42. The smallest absolute Gasteiger partial charge is 0.234 e. The number of ether oxygens (including phenoxy) is 1. The molecular formula is C10H20N2O3. The number of nitrogens with zero attached hydrogens (tertiary/aromatic N) is 1. The second-order valence-corrected chi connectivity index (χ2v) is 3.87. The molecule has 0 aromatic carbocycles. The molecule has 1 fully saturated rings. The van der Waals surface area contributed by atoms with Crippen LogP contribution in [0.1, 0.15) is 13.3 Å². The molecule has 0 saturated carbocycles. The van der Waals surface area contributed by atoms with Gasteiger partial charge < -0.3 is 15.2 Å². The Bertz CT molecular complexity index is 193. The van der Waals surface area contributed by atoms with Crippen molar-refractivity contribution in [3.05, 3.63) is 0 Å². The van der Waals surface area contributed by atoms with Crippen LogP contribution < -0.4 is 5.32 Å². The molecule has 1 aliphatic heterocycles. The molecular weight excluding hydrogens is 196 g/mol. The second-order valence-electron chi connectivity index (χ2n) is 3.87. The zero-order valence-corrected chi connectivity index (χ0v) is 9.24. The first-order chi connectivity index (χ1) is 7.22. The van der Waals surface area contributed by atoms with Crippen LogP contribution >= 0.6 is 0 Å². The van der Waals surface area contributed by atoms with Crippen LogP contribution in [0.5, 0.6) is 0 Å². The van der Waals surface area contributed by atoms with Gasteiger partial charge in [-0.05, 0) is 13.3 Å². The molecule has 5 nitrogen and oxygen atoms in total. The predicted molar refractivity (Wildman–Crippen MR) is 56.6 cm³/mol. The maximum atomic E-state index is 11.5. The summed E-state index contributed by atoms with van der Waals surface area (Å²) in [7, 11) is 0. The van der Waals surface area contributed by atoms with Crippen LogP contribution in [-0.4, -0.2) is 61.4 Å². The zero-order chi connectivity index (χ0) is 11.1. The van der Waals surface area contributed by atoms with Crippen LogP contribution in [0.15, 0.2) is 0 Å². The van der Waals surface area contributed by atoms with Crippen molar-refractivity contribution >= 4 is 5.91 Å². The second kappa shape index (κ2) is 6.76. The molecule has 1 saturated heterocycles. The molecule has 1 aliphatic rings. The Kier molecular flexibility index (Phi) is 5.60. The molecule has 0 aromatic heterocycles. The summed E-state index contributed by atoms with van der Waals surface area (Å²) >= 11 is 0. The number of carbonyl (C=O) groups is 1. The van der Waals surface area contributed by atoms with Gasteiger partial charge in [0.2, 0.25) is 5.91 Å². The first kappa shape index (κ1) is 12.4. The van der Waals surface area contributed by atoms with Gasteiger partial charge in [0.1, 0.15) is 0 Å². The maximum absolute atomic E-state index is 11.5. The lowest BCUT2D eigenvalue weighted by Crippen LogP contribution is -2.45. The Hall–Kier alpha value is -0.650. The first-order valence-corrected chi connectivity index (χ1v) is 5.42. The Morgan fingerprint density at radius 1 is 1.53 bits per heavy atom. The van der Waals surface area contributed by atoms with Crippen LogP contribution in [0, 0.1) is 0 Å². The fourth-order valence-corrected chi connectivity index (χ4v) is 1.55. The van der Waals surface area contributed by atoms with E-state index in [2.05, 4.69) is 10.2 Å². The van der Waals surface area contributed by atoms with Gasteiger partial charge in [-0.1, -0.05) is 0 Å². The average molecular weight is 216 g/mol. The summed E-state index contributed by atoms with van der Waals surface area (Å²) in [6.07, 6.45) is 0.606. The molecule has 1 amide bonds. The van der Waals surface area contributed by atoms with Crippen LogP contribution in [0.4, 0.5) is 0 Å². The third-order valence-electron chi connectivity index (χ3n) is 2.44. The summed E-state index contributed by atoms with van der Waals surface area (Å²) in [4.78, 5) is 13.6. The molecule has 0 aliphatic carbocycles. The van der Waals surface area contributed by atoms with Crippen molar-refractivity contribution in [2.75, 3.05) is 39.5 Å². The van der Waals surface area contributed by atoms with Gasteiger partial charge in [0.25, 0.3) is 0 Å². The van der Waals surface area contributed by atoms with E-state index in [4.69, 9.17) is 9.84 Å². The number of hydrogen-bond acceptors (Lipinski definition) is 4. The standard InChI is InChI=1S/C10H20N2O3/c1-9(2-5-13)11-10(14)8-12-3-6-15-7-4-12/h9,13H,2-8H2,1H3,(H,11,14). The van der Waals surface area contributed by atoms with Crippen molar-refractivity contribution in [3.63, 3.8) is 0 Å². The summed E-state index contributed by atoms with van der Waals surface area (Å²) in [6.45, 7) is 5.49. The highest BCUT2D eigenvalue weighted by atomic mass is 16.5. The van der Waals surface area contributed by atoms with Crippen molar-refractivity contribution in [2.45, 2.75) is 19.4 Å². The molecule has 1 unspecified atom stereocenters. The van der Waals surface area contributed by atoms with Gasteiger partial charge in [0.05, 0.1) is 19.8 Å². The highest BCUT2D eigenvalue weighted by Gasteiger charge is 2.14. The fraction of sp³-hybridized carbons (Fsp3) is 0.900. The van der Waals surface area contributed by atoms with Crippen molar-refractivity contribution < 1.29 is 14.6 Å². The van der Waals surface area contributed by atoms with E-state index in [0.29, 0.717) is 26.2 Å². The minimum Gasteiger partial charge on any atom is -0.396 e. The lowest BCUT2D eigenvalue weighted by molar-refractivity contribution is -0.123. The summed E-state index contributed by atoms with van der Waals surface area (Å²) in [6, 6.07) is 0.0449. The maximum Gasteiger partial charge on any atom is 0.234 e. The summed E-state index contributed by atoms with van der Waals surface area (Å²) in [5, 5.41) is 11.5. The molecule has 15 heavy (non-hydrogen) atoms. The third-order valence-corrected chi connectivity index (χ3v) is 2.44. The van der Waals surface area contributed by atoms with Crippen molar-refractivity contribution in [2.24, 2.45) is 0 Å². The van der Waals surface area contributed by atoms with Gasteiger partial charge in [-0.3, -0.25) is 9.69 Å². The fourth-order valence-electron chi connectivity index (χ4n) is 1.55. The van der Waals surface area contributed by atoms with Crippen LogP contribution in [0.25, 0.3) is 0 Å². The third kappa shape index (κ3) is 5.11. The number of morpholine rings is 1. The summed E-state index contributed by atoms with van der Waals surface area (Å²) in [5.41, 5.74) is 0. The molecule has 0 aromatic rings. The van der Waals surface area contributed by atoms with E-state index in [9.17, 15) is 4.79 Å². The molecule has 5 heteroatoms. The van der Waals surface area contributed by atoms with Gasteiger partial charge in [0, 0.05) is 25.7 Å². The Morgan fingerprint density at radius 2 is 2.20 bits per heavy atom. The number of aliphatic hydroxyl groups excluding tert-OH is 1. The highest BCUT2D eigenvalue weighted by Crippen LogP contribution is 1.96. The topological polar surface area (TPSA) is 61.8 Å². The van der Waals surface area contributed by atoms with Gasteiger partial charge in [-0.25, -0.2) is 0 Å². The van der Waals surface area contributed by atoms with E-state index < -0.39 is 0 Å². The van der Waals surface area contributed by atoms with Gasteiger partial charge >= 0.3 is 0 Å². The highest BCUT2D eigenvalue weighted by molar-refractivity contribution is 5.78. The minimum atomic E-state index is 0.0258. The van der Waals surface area contributed by atoms with Crippen molar-refractivity contribution in [1.82, 2.24) is 10.2 Å². The molecule has 0 spiro atoms. The zero-order valence-electron chi connectivity index (χ0n) is 9.24. The molecule has 88 valence electrons. The van der Waals surface area contributed by atoms with E-state index >= 15 is 0 Å². The predicted octanol–water partition coefficient (Wildman–Crippen LogP) is -0.794. The SMILES string of the molecule is CC(CCO)NC(=O)CN1CCOCC1. The van der Waals surface area contributed by atoms with E-state index in [0.717, 1.165) is 13.1 Å². The van der Waals surface area contributed by atoms with E-state index in [1.807, 2.05) is 6.92 Å². The van der Waals surface area contributed by atoms with Gasteiger partial charge in [-0.15, -0.1) is 0 Å². The van der Waals surface area contributed by atoms with E-state index in [1.54, 1.807) is 0 Å². The summed E-state index contributed by atoms with van der Waals surface area (Å²) < 4.78 is 5.19. The van der Waals surface area contributed by atoms with Gasteiger partial charge in [0.15, 0.2) is 0 Å². The Balaban J connectivity index is 2.16. The number of aliphatic hydroxyl groups is 1. The van der Waals surface area contributed by atoms with Crippen molar-refractivity contribution in [1.29, 1.82) is 0 Å². The number of carbonyl (C=O) groups excluding carboxylic acids is 1. The monoisotopic (exact) mass is 216 g/mol.